The molecule has 0 unspecified atom stereocenters. The molecule has 0 fully saturated rings. The number of primary amides is 1. The van der Waals surface area contributed by atoms with Gasteiger partial charge in [0.1, 0.15) is 5.82 Å². The Morgan fingerprint density at radius 2 is 1.50 bits per heavy atom. The fraction of sp³-hybridized carbons (Fsp3) is 0. The Bertz CT molecular complexity index is 975. The van der Waals surface area contributed by atoms with E-state index in [2.05, 4.69) is 15.3 Å². The van der Waals surface area contributed by atoms with Gasteiger partial charge in [-0.15, -0.1) is 0 Å². The predicted molar refractivity (Wildman–Crippen MR) is 92.7 cm³/mol. The first-order valence-electron chi connectivity index (χ1n) is 7.39. The molecule has 3 N–H and O–H groups in total. The minimum atomic E-state index is -0.837. The molecule has 130 valence electrons. The van der Waals surface area contributed by atoms with Gasteiger partial charge in [-0.25, -0.2) is 19.2 Å². The maximum atomic E-state index is 13.1. The van der Waals surface area contributed by atoms with Gasteiger partial charge in [-0.2, -0.15) is 0 Å². The second-order valence-corrected chi connectivity index (χ2v) is 5.26. The van der Waals surface area contributed by atoms with Crippen molar-refractivity contribution in [3.05, 3.63) is 70.5 Å². The van der Waals surface area contributed by atoms with E-state index in [0.29, 0.717) is 22.5 Å². The summed E-state index contributed by atoms with van der Waals surface area (Å²) in [4.78, 5) is 29.8. The molecule has 1 aromatic heterocycles. The van der Waals surface area contributed by atoms with Gasteiger partial charge in [0.15, 0.2) is 0 Å². The molecule has 0 aliphatic rings. The third-order valence-electron chi connectivity index (χ3n) is 3.48. The van der Waals surface area contributed by atoms with E-state index >= 15 is 0 Å². The minimum Gasteiger partial charge on any atom is -0.351 e. The Morgan fingerprint density at radius 1 is 1.00 bits per heavy atom. The number of nitro benzene ring substituents is 1. The minimum absolute atomic E-state index is 0.0346. The van der Waals surface area contributed by atoms with Crippen LogP contribution in [-0.2, 0) is 0 Å². The third kappa shape index (κ3) is 3.78. The molecule has 0 radical (unpaired) electrons. The van der Waals surface area contributed by atoms with Gasteiger partial charge in [-0.05, 0) is 42.5 Å². The number of anilines is 1. The molecule has 26 heavy (non-hydrogen) atoms. The number of hydrogen-bond donors (Lipinski definition) is 2. The molecule has 8 nitrogen and oxygen atoms in total. The molecule has 0 aliphatic carbocycles. The number of amides is 2. The lowest BCUT2D eigenvalue weighted by Crippen LogP contribution is -2.21. The number of hydrogen-bond acceptors (Lipinski definition) is 5. The van der Waals surface area contributed by atoms with E-state index in [9.17, 15) is 19.3 Å². The standard InChI is InChI=1S/C17H12FN5O3/c18-12-5-1-10(2-6-12)14-9-15(21-17(20-14)22-16(19)24)11-3-7-13(8-4-11)23(25)26/h1-9H,(H3,19,20,21,22,24). The van der Waals surface area contributed by atoms with Crippen LogP contribution in [0.1, 0.15) is 0 Å². The first-order chi connectivity index (χ1) is 12.4. The number of carbonyl (C=O) groups is 1. The number of nitrogens with two attached hydrogens (primary N) is 1. The van der Waals surface area contributed by atoms with E-state index < -0.39 is 16.8 Å². The molecule has 2 amide bonds. The highest BCUT2D eigenvalue weighted by Gasteiger charge is 2.12. The average molecular weight is 353 g/mol. The summed E-state index contributed by atoms with van der Waals surface area (Å²) < 4.78 is 13.1. The predicted octanol–water partition coefficient (Wildman–Crippen LogP) is 3.35. The summed E-state index contributed by atoms with van der Waals surface area (Å²) in [5.74, 6) is -0.429. The van der Waals surface area contributed by atoms with Gasteiger partial charge in [0.25, 0.3) is 5.69 Å². The second kappa shape index (κ2) is 6.93. The van der Waals surface area contributed by atoms with Crippen molar-refractivity contribution in [3.63, 3.8) is 0 Å². The van der Waals surface area contributed by atoms with Crippen LogP contribution < -0.4 is 11.1 Å². The van der Waals surface area contributed by atoms with Crippen LogP contribution in [0, 0.1) is 15.9 Å². The van der Waals surface area contributed by atoms with Gasteiger partial charge in [0, 0.05) is 23.3 Å². The summed E-state index contributed by atoms with van der Waals surface area (Å²) in [6, 6.07) is 12.2. The van der Waals surface area contributed by atoms with Crippen LogP contribution in [0.25, 0.3) is 22.5 Å². The zero-order valence-corrected chi connectivity index (χ0v) is 13.2. The van der Waals surface area contributed by atoms with Crippen molar-refractivity contribution >= 4 is 17.7 Å². The van der Waals surface area contributed by atoms with Crippen LogP contribution in [0.2, 0.25) is 0 Å². The second-order valence-electron chi connectivity index (χ2n) is 5.26. The first kappa shape index (κ1) is 17.0. The molecular formula is C17H12FN5O3. The number of benzene rings is 2. The quantitative estimate of drug-likeness (QED) is 0.550. The van der Waals surface area contributed by atoms with E-state index in [1.807, 2.05) is 0 Å². The highest BCUT2D eigenvalue weighted by Crippen LogP contribution is 2.26. The molecule has 1 heterocycles. The molecule has 9 heteroatoms. The number of halogens is 1. The number of urea groups is 1. The third-order valence-corrected chi connectivity index (χ3v) is 3.48. The maximum Gasteiger partial charge on any atom is 0.319 e. The summed E-state index contributed by atoms with van der Waals surface area (Å²) in [5.41, 5.74) is 7.08. The van der Waals surface area contributed by atoms with Gasteiger partial charge in [0.05, 0.1) is 16.3 Å². The topological polar surface area (TPSA) is 124 Å². The fourth-order valence-corrected chi connectivity index (χ4v) is 2.28. The van der Waals surface area contributed by atoms with Crippen LogP contribution in [0.15, 0.2) is 54.6 Å². The first-order valence-corrected chi connectivity index (χ1v) is 7.39. The number of rotatable bonds is 4. The van der Waals surface area contributed by atoms with Crippen molar-refractivity contribution in [2.45, 2.75) is 0 Å². The van der Waals surface area contributed by atoms with Gasteiger partial charge in [-0.1, -0.05) is 0 Å². The number of nitrogens with zero attached hydrogens (tertiary/aromatic N) is 3. The summed E-state index contributed by atoms with van der Waals surface area (Å²) in [7, 11) is 0. The summed E-state index contributed by atoms with van der Waals surface area (Å²) in [6.07, 6.45) is 0. The van der Waals surface area contributed by atoms with Crippen molar-refractivity contribution in [3.8, 4) is 22.5 Å². The average Bonchev–Trinajstić information content (AvgIpc) is 2.61. The Hall–Kier alpha value is -3.88. The van der Waals surface area contributed by atoms with Crippen LogP contribution in [0.4, 0.5) is 20.8 Å². The van der Waals surface area contributed by atoms with Crippen molar-refractivity contribution < 1.29 is 14.1 Å². The van der Waals surface area contributed by atoms with Gasteiger partial charge < -0.3 is 5.73 Å². The summed E-state index contributed by atoms with van der Waals surface area (Å²) in [5, 5.41) is 13.1. The van der Waals surface area contributed by atoms with Crippen molar-refractivity contribution in [1.29, 1.82) is 0 Å². The molecule has 0 aliphatic heterocycles. The smallest absolute Gasteiger partial charge is 0.319 e. The molecule has 0 saturated heterocycles. The van der Waals surface area contributed by atoms with Crippen LogP contribution in [0.5, 0.6) is 0 Å². The normalized spacial score (nSPS) is 10.3. The summed E-state index contributed by atoms with van der Waals surface area (Å²) in [6.45, 7) is 0. The number of carbonyl (C=O) groups excluding carboxylic acids is 1. The van der Waals surface area contributed by atoms with E-state index in [-0.39, 0.29) is 11.6 Å². The molecule has 0 spiro atoms. The van der Waals surface area contributed by atoms with Crippen molar-refractivity contribution in [2.24, 2.45) is 5.73 Å². The van der Waals surface area contributed by atoms with Gasteiger partial charge in [-0.3, -0.25) is 15.4 Å². The summed E-state index contributed by atoms with van der Waals surface area (Å²) >= 11 is 0. The van der Waals surface area contributed by atoms with E-state index in [0.717, 1.165) is 0 Å². The molecule has 3 rings (SSSR count). The SMILES string of the molecule is NC(=O)Nc1nc(-c2ccc(F)cc2)cc(-c2ccc([N+](=O)[O-])cc2)n1. The van der Waals surface area contributed by atoms with Crippen LogP contribution in [-0.4, -0.2) is 20.9 Å². The maximum absolute atomic E-state index is 13.1. The molecule has 3 aromatic rings. The lowest BCUT2D eigenvalue weighted by molar-refractivity contribution is -0.384. The lowest BCUT2D eigenvalue weighted by Gasteiger charge is -2.09. The highest BCUT2D eigenvalue weighted by molar-refractivity contribution is 5.86. The van der Waals surface area contributed by atoms with Crippen molar-refractivity contribution in [1.82, 2.24) is 9.97 Å². The van der Waals surface area contributed by atoms with Gasteiger partial charge in [0.2, 0.25) is 5.95 Å². The van der Waals surface area contributed by atoms with Crippen LogP contribution in [0.3, 0.4) is 0 Å². The zero-order valence-electron chi connectivity index (χ0n) is 13.2. The Balaban J connectivity index is 2.08. The van der Waals surface area contributed by atoms with E-state index in [1.54, 1.807) is 6.07 Å². The molecule has 2 aromatic carbocycles. The Labute approximate surface area is 146 Å². The number of nitrogens with one attached hydrogen (secondary N) is 1. The molecular weight excluding hydrogens is 341 g/mol. The molecule has 0 atom stereocenters. The Kier molecular flexibility index (Phi) is 4.52. The number of non-ortho nitro benzene ring substituents is 1. The molecule has 0 bridgehead atoms. The number of aromatic nitrogens is 2. The fourth-order valence-electron chi connectivity index (χ4n) is 2.28. The van der Waals surface area contributed by atoms with Crippen LogP contribution >= 0.6 is 0 Å². The monoisotopic (exact) mass is 353 g/mol. The van der Waals surface area contributed by atoms with E-state index in [1.165, 1.54) is 48.5 Å². The lowest BCUT2D eigenvalue weighted by atomic mass is 10.1. The largest absolute Gasteiger partial charge is 0.351 e. The zero-order chi connectivity index (χ0) is 18.7. The Morgan fingerprint density at radius 3 is 1.96 bits per heavy atom. The van der Waals surface area contributed by atoms with Gasteiger partial charge >= 0.3 is 6.03 Å². The van der Waals surface area contributed by atoms with E-state index in [4.69, 9.17) is 5.73 Å². The highest BCUT2D eigenvalue weighted by atomic mass is 19.1. The van der Waals surface area contributed by atoms with Crippen molar-refractivity contribution in [2.75, 3.05) is 5.32 Å². The molecule has 0 saturated carbocycles. The number of nitro groups is 1.